The number of thioether (sulfide) groups is 1. The number of carbonyl (C=O) groups excluding carboxylic acids is 1. The predicted molar refractivity (Wildman–Crippen MR) is 124 cm³/mol. The van der Waals surface area contributed by atoms with Crippen LogP contribution < -0.4 is 5.32 Å². The number of rotatable bonds is 10. The largest absolute Gasteiger partial charge is 0.355 e. The second-order valence-corrected chi connectivity index (χ2v) is 8.77. The van der Waals surface area contributed by atoms with Gasteiger partial charge in [-0.15, -0.1) is 11.8 Å². The smallest absolute Gasteiger partial charge is 0.243 e. The maximum Gasteiger partial charge on any atom is 0.243 e. The van der Waals surface area contributed by atoms with E-state index in [4.69, 9.17) is 0 Å². The number of carbonyl (C=O) groups is 1. The molecule has 0 spiro atoms. The van der Waals surface area contributed by atoms with Crippen LogP contribution in [0.1, 0.15) is 20.3 Å². The van der Waals surface area contributed by atoms with Gasteiger partial charge in [0.15, 0.2) is 5.96 Å². The van der Waals surface area contributed by atoms with E-state index in [2.05, 4.69) is 58.2 Å². The van der Waals surface area contributed by atoms with Crippen molar-refractivity contribution in [1.82, 2.24) is 20.0 Å². The molecule has 6 nitrogen and oxygen atoms in total. The topological polar surface area (TPSA) is 51.2 Å². The number of guanidine groups is 1. The quantitative estimate of drug-likeness (QED) is 0.273. The molecule has 29 heavy (non-hydrogen) atoms. The summed E-state index contributed by atoms with van der Waals surface area (Å²) in [7, 11) is 3.55. The summed E-state index contributed by atoms with van der Waals surface area (Å²) < 4.78 is 0. The summed E-state index contributed by atoms with van der Waals surface area (Å²) in [5.74, 6) is 2.52. The van der Waals surface area contributed by atoms with Gasteiger partial charge in [0.05, 0.1) is 0 Å². The molecule has 162 valence electrons. The van der Waals surface area contributed by atoms with E-state index >= 15 is 0 Å². The molecule has 1 heterocycles. The molecule has 0 aliphatic carbocycles. The molecule has 1 N–H and O–H groups in total. The van der Waals surface area contributed by atoms with Gasteiger partial charge in [0.2, 0.25) is 5.91 Å². The third-order valence-electron chi connectivity index (χ3n) is 5.26. The Labute approximate surface area is 180 Å². The van der Waals surface area contributed by atoms with Crippen LogP contribution in [-0.4, -0.2) is 92.2 Å². The fraction of sp³-hybridized carbons (Fsp3) is 0.636. The van der Waals surface area contributed by atoms with Crippen molar-refractivity contribution < 1.29 is 4.79 Å². The summed E-state index contributed by atoms with van der Waals surface area (Å²) in [5.41, 5.74) is 0. The van der Waals surface area contributed by atoms with Crippen LogP contribution in [0.5, 0.6) is 0 Å². The molecular formula is C22H37N5OS. The van der Waals surface area contributed by atoms with Crippen LogP contribution in [0.2, 0.25) is 0 Å². The third-order valence-corrected chi connectivity index (χ3v) is 6.27. The van der Waals surface area contributed by atoms with E-state index in [-0.39, 0.29) is 12.5 Å². The Morgan fingerprint density at radius 3 is 2.62 bits per heavy atom. The first-order valence-electron chi connectivity index (χ1n) is 10.7. The second-order valence-electron chi connectivity index (χ2n) is 7.60. The zero-order valence-corrected chi connectivity index (χ0v) is 19.2. The lowest BCUT2D eigenvalue weighted by Gasteiger charge is -2.24. The first-order valence-corrected chi connectivity index (χ1v) is 11.7. The van der Waals surface area contributed by atoms with E-state index in [1.54, 1.807) is 19.0 Å². The van der Waals surface area contributed by atoms with Crippen LogP contribution in [0, 0.1) is 5.92 Å². The number of likely N-dealkylation sites (tertiary alicyclic amines) is 1. The second kappa shape index (κ2) is 12.8. The summed E-state index contributed by atoms with van der Waals surface area (Å²) in [5, 5.41) is 3.50. The van der Waals surface area contributed by atoms with E-state index < -0.39 is 0 Å². The number of nitrogens with zero attached hydrogens (tertiary/aromatic N) is 4. The average Bonchev–Trinajstić information content (AvgIpc) is 3.20. The fourth-order valence-corrected chi connectivity index (χ4v) is 4.21. The van der Waals surface area contributed by atoms with Gasteiger partial charge < -0.3 is 20.0 Å². The van der Waals surface area contributed by atoms with Crippen LogP contribution in [-0.2, 0) is 4.79 Å². The minimum Gasteiger partial charge on any atom is -0.355 e. The zero-order valence-electron chi connectivity index (χ0n) is 18.4. The van der Waals surface area contributed by atoms with Crippen molar-refractivity contribution in [1.29, 1.82) is 0 Å². The number of likely N-dealkylation sites (N-methyl/N-ethyl adjacent to an activating group) is 1. The molecule has 1 aromatic carbocycles. The van der Waals surface area contributed by atoms with Crippen molar-refractivity contribution in [3.05, 3.63) is 30.3 Å². The maximum absolute atomic E-state index is 12.0. The average molecular weight is 420 g/mol. The molecule has 0 aromatic heterocycles. The van der Waals surface area contributed by atoms with Crippen LogP contribution in [0.3, 0.4) is 0 Å². The predicted octanol–water partition coefficient (Wildman–Crippen LogP) is 2.48. The highest BCUT2D eigenvalue weighted by molar-refractivity contribution is 7.99. The Morgan fingerprint density at radius 1 is 1.24 bits per heavy atom. The Hall–Kier alpha value is -1.73. The number of benzene rings is 1. The lowest BCUT2D eigenvalue weighted by molar-refractivity contribution is -0.127. The molecule has 1 aromatic rings. The van der Waals surface area contributed by atoms with Crippen LogP contribution in [0.25, 0.3) is 0 Å². The summed E-state index contributed by atoms with van der Waals surface area (Å²) in [6, 6.07) is 10.4. The third kappa shape index (κ3) is 8.26. The Bertz CT molecular complexity index is 633. The first-order chi connectivity index (χ1) is 14.0. The van der Waals surface area contributed by atoms with Crippen molar-refractivity contribution in [2.24, 2.45) is 10.9 Å². The number of aliphatic imine (C=N–C) groups is 1. The molecule has 1 aliphatic heterocycles. The minimum absolute atomic E-state index is 0.0295. The van der Waals surface area contributed by atoms with E-state index in [9.17, 15) is 4.79 Å². The Morgan fingerprint density at radius 2 is 1.97 bits per heavy atom. The number of nitrogens with one attached hydrogen (secondary N) is 1. The highest BCUT2D eigenvalue weighted by atomic mass is 32.2. The van der Waals surface area contributed by atoms with Gasteiger partial charge >= 0.3 is 0 Å². The van der Waals surface area contributed by atoms with Crippen molar-refractivity contribution in [2.45, 2.75) is 25.2 Å². The van der Waals surface area contributed by atoms with E-state index in [1.807, 2.05) is 17.8 Å². The van der Waals surface area contributed by atoms with Gasteiger partial charge in [-0.25, -0.2) is 4.99 Å². The van der Waals surface area contributed by atoms with E-state index in [1.165, 1.54) is 11.3 Å². The van der Waals surface area contributed by atoms with E-state index in [0.717, 1.165) is 51.0 Å². The summed E-state index contributed by atoms with van der Waals surface area (Å²) in [6.45, 7) is 10.8. The Balaban J connectivity index is 1.90. The zero-order chi connectivity index (χ0) is 21.1. The van der Waals surface area contributed by atoms with Crippen molar-refractivity contribution in [3.63, 3.8) is 0 Å². The molecular weight excluding hydrogens is 382 g/mol. The standard InChI is InChI=1S/C22H37N5OS/c1-5-26(6-2)17-19-12-14-27(18-19)22(24-16-21(28)25(3)4)23-13-15-29-20-10-8-7-9-11-20/h7-11,19H,5-6,12-18H2,1-4H3,(H,23,24). The molecule has 2 rings (SSSR count). The van der Waals surface area contributed by atoms with Gasteiger partial charge in [-0.2, -0.15) is 0 Å². The van der Waals surface area contributed by atoms with Crippen LogP contribution in [0.4, 0.5) is 0 Å². The molecule has 1 aliphatic rings. The van der Waals surface area contributed by atoms with Crippen molar-refractivity contribution in [2.75, 3.05) is 65.7 Å². The molecule has 1 atom stereocenters. The Kier molecular flexibility index (Phi) is 10.4. The molecule has 0 radical (unpaired) electrons. The molecule has 7 heteroatoms. The summed E-state index contributed by atoms with van der Waals surface area (Å²) in [4.78, 5) is 24.4. The highest BCUT2D eigenvalue weighted by Gasteiger charge is 2.26. The van der Waals surface area contributed by atoms with Gasteiger partial charge in [0.1, 0.15) is 6.54 Å². The number of hydrogen-bond donors (Lipinski definition) is 1. The summed E-state index contributed by atoms with van der Waals surface area (Å²) in [6.07, 6.45) is 1.18. The van der Waals surface area contributed by atoms with Crippen molar-refractivity contribution in [3.8, 4) is 0 Å². The van der Waals surface area contributed by atoms with Gasteiger partial charge in [0.25, 0.3) is 0 Å². The van der Waals surface area contributed by atoms with Gasteiger partial charge in [0, 0.05) is 50.9 Å². The van der Waals surface area contributed by atoms with Crippen LogP contribution >= 0.6 is 11.8 Å². The maximum atomic E-state index is 12.0. The monoisotopic (exact) mass is 419 g/mol. The van der Waals surface area contributed by atoms with E-state index in [0.29, 0.717) is 5.92 Å². The minimum atomic E-state index is 0.0295. The molecule has 0 saturated carbocycles. The fourth-order valence-electron chi connectivity index (χ4n) is 3.42. The summed E-state index contributed by atoms with van der Waals surface area (Å²) >= 11 is 1.83. The van der Waals surface area contributed by atoms with Crippen LogP contribution in [0.15, 0.2) is 40.2 Å². The first kappa shape index (κ1) is 23.5. The lowest BCUT2D eigenvalue weighted by atomic mass is 10.1. The number of amides is 1. The van der Waals surface area contributed by atoms with Gasteiger partial charge in [-0.05, 0) is 37.6 Å². The molecule has 1 fully saturated rings. The normalized spacial score (nSPS) is 17.1. The molecule has 0 bridgehead atoms. The molecule has 1 saturated heterocycles. The highest BCUT2D eigenvalue weighted by Crippen LogP contribution is 2.18. The SMILES string of the molecule is CCN(CC)CC1CCN(C(=NCC(=O)N(C)C)NCCSc2ccccc2)C1. The van der Waals surface area contributed by atoms with Gasteiger partial charge in [-0.3, -0.25) is 4.79 Å². The molecule has 1 unspecified atom stereocenters. The van der Waals surface area contributed by atoms with Crippen molar-refractivity contribution >= 4 is 23.6 Å². The molecule has 1 amide bonds. The number of hydrogen-bond acceptors (Lipinski definition) is 4. The van der Waals surface area contributed by atoms with Gasteiger partial charge in [-0.1, -0.05) is 32.0 Å². The lowest BCUT2D eigenvalue weighted by Crippen LogP contribution is -2.42.